The molecule has 2 aliphatic heterocycles. The minimum absolute atomic E-state index is 0.0890. The maximum atomic E-state index is 12.3. The zero-order valence-electron chi connectivity index (χ0n) is 13.4. The third kappa shape index (κ3) is 3.98. The summed E-state index contributed by atoms with van der Waals surface area (Å²) in [4.78, 5) is 41.2. The van der Waals surface area contributed by atoms with Crippen molar-refractivity contribution in [2.75, 3.05) is 59.0 Å². The third-order valence-electron chi connectivity index (χ3n) is 4.28. The molecule has 130 valence electrons. The van der Waals surface area contributed by atoms with E-state index in [-0.39, 0.29) is 23.1 Å². The van der Waals surface area contributed by atoms with Crippen LogP contribution in [0.25, 0.3) is 0 Å². The molecule has 0 atom stereocenters. The molecule has 9 nitrogen and oxygen atoms in total. The van der Waals surface area contributed by atoms with E-state index in [2.05, 4.69) is 15.1 Å². The maximum Gasteiger partial charge on any atom is 0.274 e. The van der Waals surface area contributed by atoms with E-state index >= 15 is 0 Å². The number of carbonyl (C=O) groups excluding carboxylic acids is 2. The number of nitrogens with zero attached hydrogens (tertiary/aromatic N) is 4. The second-order valence-electron chi connectivity index (χ2n) is 5.87. The highest BCUT2D eigenvalue weighted by Gasteiger charge is 2.26. The van der Waals surface area contributed by atoms with Crippen LogP contribution in [0, 0.1) is 0 Å². The molecule has 9 heteroatoms. The van der Waals surface area contributed by atoms with Crippen molar-refractivity contribution in [1.29, 1.82) is 0 Å². The lowest BCUT2D eigenvalue weighted by Crippen LogP contribution is -2.53. The number of aromatic amines is 1. The summed E-state index contributed by atoms with van der Waals surface area (Å²) in [5.41, 5.74) is -0.132. The van der Waals surface area contributed by atoms with Crippen molar-refractivity contribution in [1.82, 2.24) is 24.9 Å². The Morgan fingerprint density at radius 1 is 1.04 bits per heavy atom. The summed E-state index contributed by atoms with van der Waals surface area (Å²) in [5, 5.41) is 6.02. The summed E-state index contributed by atoms with van der Waals surface area (Å²) in [7, 11) is 0. The Morgan fingerprint density at radius 2 is 1.71 bits per heavy atom. The number of morpholine rings is 1. The van der Waals surface area contributed by atoms with Gasteiger partial charge in [-0.3, -0.25) is 19.3 Å². The van der Waals surface area contributed by atoms with Crippen molar-refractivity contribution >= 4 is 11.8 Å². The van der Waals surface area contributed by atoms with Crippen LogP contribution in [0.15, 0.2) is 16.9 Å². The molecule has 0 spiro atoms. The van der Waals surface area contributed by atoms with Crippen molar-refractivity contribution < 1.29 is 14.3 Å². The number of ether oxygens (including phenoxy) is 1. The first kappa shape index (κ1) is 16.6. The molecule has 2 saturated heterocycles. The highest BCUT2D eigenvalue weighted by atomic mass is 16.5. The second kappa shape index (κ2) is 7.54. The van der Waals surface area contributed by atoms with Crippen molar-refractivity contribution in [3.05, 3.63) is 28.2 Å². The van der Waals surface area contributed by atoms with E-state index in [1.54, 1.807) is 9.80 Å². The number of aromatic nitrogens is 2. The Labute approximate surface area is 139 Å². The summed E-state index contributed by atoms with van der Waals surface area (Å²) in [6.45, 7) is 5.26. The van der Waals surface area contributed by atoms with E-state index in [0.29, 0.717) is 45.9 Å². The van der Waals surface area contributed by atoms with Crippen LogP contribution in [-0.4, -0.2) is 95.7 Å². The average Bonchev–Trinajstić information content (AvgIpc) is 2.63. The molecule has 0 bridgehead atoms. The molecule has 2 amide bonds. The first-order valence-corrected chi connectivity index (χ1v) is 8.06. The Balaban J connectivity index is 1.49. The van der Waals surface area contributed by atoms with E-state index in [1.807, 2.05) is 0 Å². The minimum Gasteiger partial charge on any atom is -0.379 e. The first-order valence-electron chi connectivity index (χ1n) is 8.06. The van der Waals surface area contributed by atoms with Crippen LogP contribution in [0.1, 0.15) is 10.5 Å². The van der Waals surface area contributed by atoms with Crippen LogP contribution < -0.4 is 5.56 Å². The number of hydrogen-bond donors (Lipinski definition) is 1. The van der Waals surface area contributed by atoms with Crippen molar-refractivity contribution in [3.8, 4) is 0 Å². The van der Waals surface area contributed by atoms with Gasteiger partial charge in [0.2, 0.25) is 5.91 Å². The second-order valence-corrected chi connectivity index (χ2v) is 5.87. The summed E-state index contributed by atoms with van der Waals surface area (Å²) < 4.78 is 5.28. The zero-order valence-corrected chi connectivity index (χ0v) is 13.4. The molecule has 24 heavy (non-hydrogen) atoms. The predicted octanol–water partition coefficient (Wildman–Crippen LogP) is -1.61. The van der Waals surface area contributed by atoms with Gasteiger partial charge in [0.05, 0.1) is 19.8 Å². The maximum absolute atomic E-state index is 12.3. The van der Waals surface area contributed by atoms with Crippen molar-refractivity contribution in [3.63, 3.8) is 0 Å². The van der Waals surface area contributed by atoms with Gasteiger partial charge in [0.15, 0.2) is 0 Å². The quantitative estimate of drug-likeness (QED) is 0.713. The standard InChI is InChI=1S/C15H21N5O4/c21-13-2-1-12(16-17-13)15(23)20-5-3-19(4-6-20)14(22)11-18-7-9-24-10-8-18/h1-2H,3-11H2,(H,17,21). The Morgan fingerprint density at radius 3 is 2.33 bits per heavy atom. The highest BCUT2D eigenvalue weighted by molar-refractivity contribution is 5.92. The highest BCUT2D eigenvalue weighted by Crippen LogP contribution is 2.07. The van der Waals surface area contributed by atoms with E-state index < -0.39 is 0 Å². The normalized spacial score (nSPS) is 19.3. The number of rotatable bonds is 3. The van der Waals surface area contributed by atoms with Gasteiger partial charge in [0.25, 0.3) is 11.5 Å². The molecule has 0 aliphatic carbocycles. The Hall–Kier alpha value is -2.26. The molecule has 3 rings (SSSR count). The zero-order chi connectivity index (χ0) is 16.9. The number of hydrogen-bond acceptors (Lipinski definition) is 6. The predicted molar refractivity (Wildman–Crippen MR) is 84.6 cm³/mol. The lowest BCUT2D eigenvalue weighted by Gasteiger charge is -2.36. The average molecular weight is 335 g/mol. The molecule has 0 unspecified atom stereocenters. The van der Waals surface area contributed by atoms with Crippen LogP contribution in [-0.2, 0) is 9.53 Å². The third-order valence-corrected chi connectivity index (χ3v) is 4.28. The fourth-order valence-corrected chi connectivity index (χ4v) is 2.84. The molecule has 0 saturated carbocycles. The summed E-state index contributed by atoms with van der Waals surface area (Å²) >= 11 is 0. The lowest BCUT2D eigenvalue weighted by molar-refractivity contribution is -0.134. The van der Waals surface area contributed by atoms with E-state index in [9.17, 15) is 14.4 Å². The fourth-order valence-electron chi connectivity index (χ4n) is 2.84. The van der Waals surface area contributed by atoms with Gasteiger partial charge >= 0.3 is 0 Å². The number of nitrogens with one attached hydrogen (secondary N) is 1. The van der Waals surface area contributed by atoms with Crippen LogP contribution in [0.5, 0.6) is 0 Å². The van der Waals surface area contributed by atoms with E-state index in [1.165, 1.54) is 12.1 Å². The van der Waals surface area contributed by atoms with Gasteiger partial charge in [0, 0.05) is 45.3 Å². The Kier molecular flexibility index (Phi) is 5.21. The topological polar surface area (TPSA) is 98.8 Å². The monoisotopic (exact) mass is 335 g/mol. The van der Waals surface area contributed by atoms with Gasteiger partial charge < -0.3 is 14.5 Å². The lowest BCUT2D eigenvalue weighted by atomic mass is 10.2. The molecule has 2 aliphatic rings. The number of piperazine rings is 1. The van der Waals surface area contributed by atoms with Crippen LogP contribution in [0.3, 0.4) is 0 Å². The van der Waals surface area contributed by atoms with Crippen LogP contribution >= 0.6 is 0 Å². The van der Waals surface area contributed by atoms with E-state index in [0.717, 1.165) is 13.1 Å². The molecule has 3 heterocycles. The largest absolute Gasteiger partial charge is 0.379 e. The van der Waals surface area contributed by atoms with Gasteiger partial charge in [-0.1, -0.05) is 0 Å². The molecule has 0 radical (unpaired) electrons. The van der Waals surface area contributed by atoms with Gasteiger partial charge in [0.1, 0.15) is 5.69 Å². The fraction of sp³-hybridized carbons (Fsp3) is 0.600. The molecular weight excluding hydrogens is 314 g/mol. The van der Waals surface area contributed by atoms with Crippen LogP contribution in [0.2, 0.25) is 0 Å². The van der Waals surface area contributed by atoms with E-state index in [4.69, 9.17) is 4.74 Å². The summed E-state index contributed by atoms with van der Waals surface area (Å²) in [6, 6.07) is 2.69. The van der Waals surface area contributed by atoms with Gasteiger partial charge in [-0.2, -0.15) is 5.10 Å². The molecule has 0 aromatic carbocycles. The SMILES string of the molecule is O=C(CN1CCOCC1)N1CCN(C(=O)c2ccc(=O)[nH]n2)CC1. The number of amides is 2. The molecule has 2 fully saturated rings. The molecular formula is C15H21N5O4. The smallest absolute Gasteiger partial charge is 0.274 e. The minimum atomic E-state index is -0.343. The molecule has 1 N–H and O–H groups in total. The first-order chi connectivity index (χ1) is 11.6. The van der Waals surface area contributed by atoms with Crippen molar-refractivity contribution in [2.24, 2.45) is 0 Å². The molecule has 1 aromatic rings. The number of H-pyrrole nitrogens is 1. The van der Waals surface area contributed by atoms with Crippen LogP contribution in [0.4, 0.5) is 0 Å². The molecule has 1 aromatic heterocycles. The van der Waals surface area contributed by atoms with Crippen molar-refractivity contribution in [2.45, 2.75) is 0 Å². The summed E-state index contributed by atoms with van der Waals surface area (Å²) in [5.74, 6) is -0.141. The number of carbonyl (C=O) groups is 2. The van der Waals surface area contributed by atoms with Gasteiger partial charge in [-0.15, -0.1) is 0 Å². The van der Waals surface area contributed by atoms with Gasteiger partial charge in [-0.25, -0.2) is 5.10 Å². The Bertz CT molecular complexity index is 627. The van der Waals surface area contributed by atoms with Gasteiger partial charge in [-0.05, 0) is 6.07 Å². The summed E-state index contributed by atoms with van der Waals surface area (Å²) in [6.07, 6.45) is 0.